The molecule has 2 saturated carbocycles. The predicted octanol–water partition coefficient (Wildman–Crippen LogP) is 6.48. The molecule has 3 N–H and O–H groups in total. The van der Waals surface area contributed by atoms with E-state index in [1.165, 1.54) is 25.7 Å². The molecule has 1 heterocycles. The maximum absolute atomic E-state index is 9.63. The monoisotopic (exact) mass is 549 g/mol. The largest absolute Gasteiger partial charge is 0.494 e. The number of aromatic nitrogens is 1. The van der Waals surface area contributed by atoms with Crippen molar-refractivity contribution in [2.24, 2.45) is 5.92 Å². The van der Waals surface area contributed by atoms with Gasteiger partial charge in [-0.3, -0.25) is 0 Å². The van der Waals surface area contributed by atoms with Gasteiger partial charge in [0.15, 0.2) is 5.58 Å². The van der Waals surface area contributed by atoms with E-state index in [2.05, 4.69) is 22.5 Å². The summed E-state index contributed by atoms with van der Waals surface area (Å²) in [7, 11) is 0. The van der Waals surface area contributed by atoms with E-state index in [4.69, 9.17) is 13.9 Å². The number of nitrogens with one attached hydrogen (secondary N) is 2. The molecule has 0 saturated heterocycles. The second kappa shape index (κ2) is 14.9. The Kier molecular flexibility index (Phi) is 10.7. The molecular formula is C33H47N3O4. The number of benzene rings is 2. The Morgan fingerprint density at radius 3 is 2.15 bits per heavy atom. The minimum absolute atomic E-state index is 0.0955. The highest BCUT2D eigenvalue weighted by Crippen LogP contribution is 2.28. The third kappa shape index (κ3) is 8.69. The molecule has 2 aliphatic rings. The first-order chi connectivity index (χ1) is 19.6. The number of unbranched alkanes of at least 4 members (excludes halogenated alkanes) is 1. The van der Waals surface area contributed by atoms with Gasteiger partial charge in [0.05, 0.1) is 19.3 Å². The molecule has 5 rings (SSSR count). The number of fused-ring (bicyclic) bond motifs is 1. The summed E-state index contributed by atoms with van der Waals surface area (Å²) < 4.78 is 18.0. The molecule has 2 fully saturated rings. The molecule has 1 aromatic heterocycles. The van der Waals surface area contributed by atoms with Crippen LogP contribution in [0.15, 0.2) is 46.9 Å². The maximum atomic E-state index is 9.63. The summed E-state index contributed by atoms with van der Waals surface area (Å²) >= 11 is 0. The van der Waals surface area contributed by atoms with Crippen LogP contribution in [0.3, 0.4) is 0 Å². The Balaban J connectivity index is 1.00. The fraction of sp³-hybridized carbons (Fsp3) is 0.606. The van der Waals surface area contributed by atoms with Crippen LogP contribution >= 0.6 is 0 Å². The first-order valence-electron chi connectivity index (χ1n) is 15.5. The molecule has 0 atom stereocenters. The highest BCUT2D eigenvalue weighted by Gasteiger charge is 2.19. The van der Waals surface area contributed by atoms with Crippen LogP contribution in [0.25, 0.3) is 22.6 Å². The summed E-state index contributed by atoms with van der Waals surface area (Å²) in [5, 5.41) is 16.9. The minimum atomic E-state index is -0.0955. The van der Waals surface area contributed by atoms with E-state index >= 15 is 0 Å². The van der Waals surface area contributed by atoms with E-state index in [1.54, 1.807) is 0 Å². The molecule has 0 bridgehead atoms. The van der Waals surface area contributed by atoms with Gasteiger partial charge in [-0.05, 0) is 126 Å². The van der Waals surface area contributed by atoms with Gasteiger partial charge >= 0.3 is 0 Å². The number of hydrogen-bond donors (Lipinski definition) is 3. The SMILES string of the molecule is CC1CCC(NCCCOc2ccc(-c3nc4ccc(OCCCCNC5CCC(O)CC5)cc4o3)cc2)CC1. The highest BCUT2D eigenvalue weighted by molar-refractivity contribution is 5.77. The van der Waals surface area contributed by atoms with Crippen molar-refractivity contribution in [3.05, 3.63) is 42.5 Å². The molecule has 7 heteroatoms. The lowest BCUT2D eigenvalue weighted by Crippen LogP contribution is -2.35. The zero-order valence-electron chi connectivity index (χ0n) is 24.1. The van der Waals surface area contributed by atoms with Gasteiger partial charge in [-0.15, -0.1) is 0 Å². The van der Waals surface area contributed by atoms with Gasteiger partial charge in [-0.2, -0.15) is 0 Å². The molecule has 2 aliphatic carbocycles. The summed E-state index contributed by atoms with van der Waals surface area (Å²) in [6.45, 7) is 5.75. The number of aliphatic hydroxyl groups is 1. The molecule has 218 valence electrons. The summed E-state index contributed by atoms with van der Waals surface area (Å²) in [6, 6.07) is 15.1. The van der Waals surface area contributed by atoms with Gasteiger partial charge in [0.1, 0.15) is 17.0 Å². The number of rotatable bonds is 14. The Bertz CT molecular complexity index is 1150. The molecule has 2 aromatic carbocycles. The van der Waals surface area contributed by atoms with Crippen molar-refractivity contribution in [2.75, 3.05) is 26.3 Å². The minimum Gasteiger partial charge on any atom is -0.494 e. The Morgan fingerprint density at radius 2 is 1.40 bits per heavy atom. The van der Waals surface area contributed by atoms with Gasteiger partial charge in [0.2, 0.25) is 5.89 Å². The van der Waals surface area contributed by atoms with Crippen molar-refractivity contribution >= 4 is 11.1 Å². The topological polar surface area (TPSA) is 88.8 Å². The summed E-state index contributed by atoms with van der Waals surface area (Å²) in [6.07, 6.45) is 12.3. The van der Waals surface area contributed by atoms with Crippen LogP contribution in [0, 0.1) is 5.92 Å². The molecule has 40 heavy (non-hydrogen) atoms. The van der Waals surface area contributed by atoms with Crippen LogP contribution in [-0.2, 0) is 0 Å². The fourth-order valence-corrected chi connectivity index (χ4v) is 5.85. The lowest BCUT2D eigenvalue weighted by Gasteiger charge is -2.27. The molecule has 0 spiro atoms. The molecule has 7 nitrogen and oxygen atoms in total. The van der Waals surface area contributed by atoms with E-state index in [-0.39, 0.29) is 6.10 Å². The normalized spacial score (nSPS) is 23.4. The van der Waals surface area contributed by atoms with Crippen molar-refractivity contribution < 1.29 is 19.0 Å². The van der Waals surface area contributed by atoms with Gasteiger partial charge in [0, 0.05) is 23.7 Å². The number of hydrogen-bond acceptors (Lipinski definition) is 7. The Labute approximate surface area is 239 Å². The average molecular weight is 550 g/mol. The van der Waals surface area contributed by atoms with E-state index in [0.717, 1.165) is 92.1 Å². The number of aliphatic hydroxyl groups excluding tert-OH is 1. The van der Waals surface area contributed by atoms with Crippen molar-refractivity contribution in [3.8, 4) is 23.0 Å². The van der Waals surface area contributed by atoms with Crippen molar-refractivity contribution in [2.45, 2.75) is 95.7 Å². The van der Waals surface area contributed by atoms with Gasteiger partial charge in [-0.1, -0.05) is 6.92 Å². The van der Waals surface area contributed by atoms with Crippen molar-refractivity contribution in [1.82, 2.24) is 15.6 Å². The van der Waals surface area contributed by atoms with Gasteiger partial charge in [0.25, 0.3) is 0 Å². The molecule has 3 aromatic rings. The maximum Gasteiger partial charge on any atom is 0.227 e. The lowest BCUT2D eigenvalue weighted by atomic mass is 9.87. The molecule has 0 aliphatic heterocycles. The van der Waals surface area contributed by atoms with Crippen LogP contribution in [0.1, 0.15) is 77.6 Å². The Hall–Kier alpha value is -2.61. The fourth-order valence-electron chi connectivity index (χ4n) is 5.85. The quantitative estimate of drug-likeness (QED) is 0.198. The zero-order chi connectivity index (χ0) is 27.6. The molecule has 0 amide bonds. The molecule has 0 unspecified atom stereocenters. The first-order valence-corrected chi connectivity index (χ1v) is 15.5. The molecular weight excluding hydrogens is 502 g/mol. The summed E-state index contributed by atoms with van der Waals surface area (Å²) in [5.41, 5.74) is 2.48. The number of nitrogens with zero attached hydrogens (tertiary/aromatic N) is 1. The first kappa shape index (κ1) is 28.9. The smallest absolute Gasteiger partial charge is 0.227 e. The van der Waals surface area contributed by atoms with E-state index < -0.39 is 0 Å². The number of oxazole rings is 1. The third-order valence-corrected chi connectivity index (χ3v) is 8.47. The van der Waals surface area contributed by atoms with Crippen LogP contribution in [0.4, 0.5) is 0 Å². The summed E-state index contributed by atoms with van der Waals surface area (Å²) in [5.74, 6) is 3.17. The third-order valence-electron chi connectivity index (χ3n) is 8.47. The average Bonchev–Trinajstić information content (AvgIpc) is 3.40. The van der Waals surface area contributed by atoms with Crippen LogP contribution in [0.2, 0.25) is 0 Å². The predicted molar refractivity (Wildman–Crippen MR) is 160 cm³/mol. The number of ether oxygens (including phenoxy) is 2. The van der Waals surface area contributed by atoms with Crippen molar-refractivity contribution in [1.29, 1.82) is 0 Å². The van der Waals surface area contributed by atoms with Gasteiger partial charge < -0.3 is 29.6 Å². The van der Waals surface area contributed by atoms with E-state index in [1.807, 2.05) is 42.5 Å². The van der Waals surface area contributed by atoms with Gasteiger partial charge in [-0.25, -0.2) is 4.98 Å². The summed E-state index contributed by atoms with van der Waals surface area (Å²) in [4.78, 5) is 4.66. The molecule has 0 radical (unpaired) electrons. The zero-order valence-corrected chi connectivity index (χ0v) is 24.1. The van der Waals surface area contributed by atoms with Crippen LogP contribution < -0.4 is 20.1 Å². The lowest BCUT2D eigenvalue weighted by molar-refractivity contribution is 0.116. The van der Waals surface area contributed by atoms with E-state index in [9.17, 15) is 5.11 Å². The van der Waals surface area contributed by atoms with Crippen LogP contribution in [-0.4, -0.2) is 54.6 Å². The Morgan fingerprint density at radius 1 is 0.775 bits per heavy atom. The second-order valence-corrected chi connectivity index (χ2v) is 11.8. The second-order valence-electron chi connectivity index (χ2n) is 11.8. The van der Waals surface area contributed by atoms with Crippen molar-refractivity contribution in [3.63, 3.8) is 0 Å². The van der Waals surface area contributed by atoms with Crippen LogP contribution in [0.5, 0.6) is 11.5 Å². The van der Waals surface area contributed by atoms with E-state index in [0.29, 0.717) is 31.2 Å². The highest BCUT2D eigenvalue weighted by atomic mass is 16.5. The standard InChI is InChI=1S/C33H47N3O4/c1-24-5-9-26(10-6-24)35-20-4-22-38-29-15-7-25(8-16-29)33-36-31-18-17-30(23-32(31)40-33)39-21-3-2-19-34-27-11-13-28(37)14-12-27/h7-8,15-18,23-24,26-28,34-35,37H,2-6,9-14,19-22H2,1H3.